The Balaban J connectivity index is 1.63. The highest BCUT2D eigenvalue weighted by Gasteiger charge is 2.41. The third-order valence-electron chi connectivity index (χ3n) is 6.78. The molecule has 1 aliphatic carbocycles. The van der Waals surface area contributed by atoms with E-state index < -0.39 is 11.5 Å². The van der Waals surface area contributed by atoms with E-state index in [1.54, 1.807) is 14.2 Å². The zero-order valence-electron chi connectivity index (χ0n) is 20.0. The number of fused-ring (bicyclic) bond motifs is 3. The number of methoxy groups -OCH3 is 3. The minimum Gasteiger partial charge on any atom is -0.493 e. The van der Waals surface area contributed by atoms with Gasteiger partial charge in [-0.25, -0.2) is 0 Å². The first-order valence-electron chi connectivity index (χ1n) is 11.4. The van der Waals surface area contributed by atoms with Gasteiger partial charge in [0.1, 0.15) is 12.4 Å². The first-order valence-corrected chi connectivity index (χ1v) is 11.4. The van der Waals surface area contributed by atoms with Gasteiger partial charge >= 0.3 is 0 Å². The molecule has 178 valence electrons. The van der Waals surface area contributed by atoms with E-state index in [1.807, 2.05) is 54.6 Å². The Morgan fingerprint density at radius 3 is 2.49 bits per heavy atom. The molecule has 6 heteroatoms. The van der Waals surface area contributed by atoms with E-state index in [0.29, 0.717) is 24.5 Å². The Bertz CT molecular complexity index is 1370. The molecule has 1 atom stereocenters. The van der Waals surface area contributed by atoms with Crippen LogP contribution in [-0.2, 0) is 16.1 Å². The van der Waals surface area contributed by atoms with Gasteiger partial charge in [-0.3, -0.25) is 4.79 Å². The van der Waals surface area contributed by atoms with Crippen LogP contribution in [0, 0.1) is 0 Å². The van der Waals surface area contributed by atoms with Crippen molar-refractivity contribution in [3.05, 3.63) is 84.0 Å². The molecule has 1 unspecified atom stereocenters. The maximum Gasteiger partial charge on any atom is 0.254 e. The van der Waals surface area contributed by atoms with Crippen LogP contribution in [0.4, 0.5) is 0 Å². The van der Waals surface area contributed by atoms with Crippen LogP contribution in [0.3, 0.4) is 0 Å². The van der Waals surface area contributed by atoms with Crippen LogP contribution >= 0.6 is 0 Å². The summed E-state index contributed by atoms with van der Waals surface area (Å²) >= 11 is 0. The predicted octanol–water partition coefficient (Wildman–Crippen LogP) is 5.14. The highest BCUT2D eigenvalue weighted by Crippen LogP contribution is 2.46. The fourth-order valence-corrected chi connectivity index (χ4v) is 4.95. The molecule has 1 amide bonds. The summed E-state index contributed by atoms with van der Waals surface area (Å²) in [6.07, 6.45) is 6.11. The second kappa shape index (κ2) is 8.96. The van der Waals surface area contributed by atoms with E-state index in [2.05, 4.69) is 18.2 Å². The van der Waals surface area contributed by atoms with Crippen LogP contribution in [0.15, 0.2) is 72.8 Å². The van der Waals surface area contributed by atoms with E-state index in [4.69, 9.17) is 24.7 Å². The molecule has 35 heavy (non-hydrogen) atoms. The van der Waals surface area contributed by atoms with Gasteiger partial charge in [0.05, 0.1) is 14.2 Å². The van der Waals surface area contributed by atoms with E-state index >= 15 is 0 Å². The van der Waals surface area contributed by atoms with Crippen LogP contribution in [0.2, 0.25) is 0 Å². The Labute approximate surface area is 204 Å². The fraction of sp³-hybridized carbons (Fsp3) is 0.207. The lowest BCUT2D eigenvalue weighted by Crippen LogP contribution is -2.47. The average Bonchev–Trinajstić information content (AvgIpc) is 2.91. The maximum atomic E-state index is 12.4. The Morgan fingerprint density at radius 1 is 0.943 bits per heavy atom. The molecule has 0 radical (unpaired) electrons. The number of amides is 1. The number of carbonyl (C=O) groups excluding carboxylic acids is 1. The summed E-state index contributed by atoms with van der Waals surface area (Å²) in [6.45, 7) is 0.422. The highest BCUT2D eigenvalue weighted by molar-refractivity contribution is 6.00. The van der Waals surface area contributed by atoms with Crippen LogP contribution in [-0.4, -0.2) is 32.8 Å². The van der Waals surface area contributed by atoms with Crippen molar-refractivity contribution in [3.8, 4) is 39.5 Å². The number of rotatable bonds is 6. The van der Waals surface area contributed by atoms with E-state index in [1.165, 1.54) is 7.11 Å². The minimum absolute atomic E-state index is 0.393. The van der Waals surface area contributed by atoms with Crippen LogP contribution < -0.4 is 19.9 Å². The van der Waals surface area contributed by atoms with Crippen molar-refractivity contribution in [2.24, 2.45) is 5.73 Å². The summed E-state index contributed by atoms with van der Waals surface area (Å²) in [4.78, 5) is 12.4. The van der Waals surface area contributed by atoms with Gasteiger partial charge in [0, 0.05) is 24.7 Å². The Hall–Kier alpha value is -4.03. The van der Waals surface area contributed by atoms with Gasteiger partial charge in [0.15, 0.2) is 17.1 Å². The van der Waals surface area contributed by atoms with E-state index in [0.717, 1.165) is 44.7 Å². The lowest BCUT2D eigenvalue weighted by Gasteiger charge is -2.33. The highest BCUT2D eigenvalue weighted by atomic mass is 16.5. The molecule has 0 spiro atoms. The smallest absolute Gasteiger partial charge is 0.254 e. The van der Waals surface area contributed by atoms with Gasteiger partial charge < -0.3 is 24.7 Å². The Morgan fingerprint density at radius 2 is 1.74 bits per heavy atom. The van der Waals surface area contributed by atoms with E-state index in [9.17, 15) is 4.79 Å². The minimum atomic E-state index is -1.19. The number of benzene rings is 3. The van der Waals surface area contributed by atoms with Gasteiger partial charge in [-0.15, -0.1) is 0 Å². The van der Waals surface area contributed by atoms with Crippen LogP contribution in [0.1, 0.15) is 17.5 Å². The molecular formula is C29H27NO5. The molecule has 6 nitrogen and oxygen atoms in total. The lowest BCUT2D eigenvalue weighted by molar-refractivity contribution is -0.133. The molecule has 0 bridgehead atoms. The van der Waals surface area contributed by atoms with Crippen molar-refractivity contribution in [1.29, 1.82) is 0 Å². The topological polar surface area (TPSA) is 80.0 Å². The predicted molar refractivity (Wildman–Crippen MR) is 135 cm³/mol. The number of allylic oxidation sites excluding steroid dienone is 2. The SMILES string of the molecule is COc1ccc(-c2cccc3c2-c2ccc(C4=CC=CCC4(OC)C(N)=O)cc2CO3)cc1OC. The van der Waals surface area contributed by atoms with Crippen LogP contribution in [0.25, 0.3) is 27.8 Å². The molecule has 2 N–H and O–H groups in total. The fourth-order valence-electron chi connectivity index (χ4n) is 4.95. The molecule has 1 aliphatic heterocycles. The van der Waals surface area contributed by atoms with Gasteiger partial charge in [0.25, 0.3) is 5.91 Å². The summed E-state index contributed by atoms with van der Waals surface area (Å²) in [5.74, 6) is 1.65. The first-order chi connectivity index (χ1) is 17.0. The largest absolute Gasteiger partial charge is 0.493 e. The van der Waals surface area contributed by atoms with Crippen molar-refractivity contribution >= 4 is 11.5 Å². The number of primary amides is 1. The first kappa shape index (κ1) is 22.7. The molecule has 0 fully saturated rings. The number of nitrogens with two attached hydrogens (primary N) is 1. The van der Waals surface area contributed by atoms with Gasteiger partial charge in [-0.1, -0.05) is 48.6 Å². The summed E-state index contributed by atoms with van der Waals surface area (Å²) in [7, 11) is 4.77. The van der Waals surface area contributed by atoms with Crippen molar-refractivity contribution < 1.29 is 23.7 Å². The normalized spacial score (nSPS) is 18.1. The van der Waals surface area contributed by atoms with Crippen LogP contribution in [0.5, 0.6) is 17.2 Å². The molecule has 0 aromatic heterocycles. The second-order valence-corrected chi connectivity index (χ2v) is 8.52. The number of ether oxygens (including phenoxy) is 4. The van der Waals surface area contributed by atoms with E-state index in [-0.39, 0.29) is 0 Å². The standard InChI is InChI=1S/C29H27NO5/c1-32-24-13-11-18(16-26(24)33-2)21-7-6-9-25-27(21)22-12-10-19(15-20(22)17-35-25)23-8-4-5-14-29(23,34-3)28(30)31/h4-13,15-16H,14,17H2,1-3H3,(H2,30,31). The molecule has 1 heterocycles. The molecule has 0 saturated carbocycles. The molecular weight excluding hydrogens is 442 g/mol. The van der Waals surface area contributed by atoms with Crippen molar-refractivity contribution in [2.75, 3.05) is 21.3 Å². The Kier molecular flexibility index (Phi) is 5.83. The number of hydrogen-bond acceptors (Lipinski definition) is 5. The quantitative estimate of drug-likeness (QED) is 0.541. The summed E-state index contributed by atoms with van der Waals surface area (Å²) in [6, 6.07) is 18.1. The van der Waals surface area contributed by atoms with Gasteiger partial charge in [-0.2, -0.15) is 0 Å². The van der Waals surface area contributed by atoms with Crippen molar-refractivity contribution in [3.63, 3.8) is 0 Å². The summed E-state index contributed by atoms with van der Waals surface area (Å²) in [5.41, 5.74) is 11.4. The molecule has 0 saturated heterocycles. The number of hydrogen-bond donors (Lipinski definition) is 1. The molecule has 5 rings (SSSR count). The third kappa shape index (κ3) is 3.67. The van der Waals surface area contributed by atoms with Crippen molar-refractivity contribution in [2.45, 2.75) is 18.6 Å². The third-order valence-corrected chi connectivity index (χ3v) is 6.78. The van der Waals surface area contributed by atoms with Crippen molar-refractivity contribution in [1.82, 2.24) is 0 Å². The second-order valence-electron chi connectivity index (χ2n) is 8.52. The monoisotopic (exact) mass is 469 g/mol. The van der Waals surface area contributed by atoms with Gasteiger partial charge in [-0.05, 0) is 52.1 Å². The molecule has 3 aromatic rings. The van der Waals surface area contributed by atoms with Gasteiger partial charge in [0.2, 0.25) is 0 Å². The maximum absolute atomic E-state index is 12.4. The zero-order valence-corrected chi connectivity index (χ0v) is 20.0. The summed E-state index contributed by atoms with van der Waals surface area (Å²) < 4.78 is 22.8. The zero-order chi connectivity index (χ0) is 24.6. The number of carbonyl (C=O) groups is 1. The summed E-state index contributed by atoms with van der Waals surface area (Å²) in [5, 5.41) is 0. The lowest BCUT2D eigenvalue weighted by atomic mass is 9.80. The molecule has 3 aromatic carbocycles. The molecule has 2 aliphatic rings. The average molecular weight is 470 g/mol.